The van der Waals surface area contributed by atoms with Gasteiger partial charge in [-0.3, -0.25) is 9.59 Å². The van der Waals surface area contributed by atoms with E-state index in [0.29, 0.717) is 11.1 Å². The molecule has 1 aliphatic heterocycles. The number of aliphatic hydroxyl groups is 1. The van der Waals surface area contributed by atoms with Gasteiger partial charge in [-0.2, -0.15) is 0 Å². The van der Waals surface area contributed by atoms with E-state index >= 15 is 0 Å². The van der Waals surface area contributed by atoms with Gasteiger partial charge in [0.1, 0.15) is 23.9 Å². The van der Waals surface area contributed by atoms with Gasteiger partial charge in [0.05, 0.1) is 27.7 Å². The van der Waals surface area contributed by atoms with E-state index in [0.717, 1.165) is 0 Å². The molecule has 230 valence electrons. The third kappa shape index (κ3) is 4.90. The molecule has 2 aromatic rings. The molecule has 5 rings (SSSR count). The molecule has 0 amide bonds. The van der Waals surface area contributed by atoms with Crippen LogP contribution in [0.5, 0.6) is 0 Å². The molecule has 1 heterocycles. The van der Waals surface area contributed by atoms with Gasteiger partial charge in [0.15, 0.2) is 6.10 Å². The van der Waals surface area contributed by atoms with Crippen molar-refractivity contribution in [3.05, 3.63) is 71.8 Å². The lowest BCUT2D eigenvalue weighted by molar-refractivity contribution is -0.343. The number of hydrogen-bond donors (Lipinski definition) is 1. The van der Waals surface area contributed by atoms with Gasteiger partial charge in [-0.05, 0) is 58.4 Å². The normalized spacial score (nSPS) is 35.7. The number of esters is 4. The third-order valence-electron chi connectivity index (χ3n) is 9.46. The predicted molar refractivity (Wildman–Crippen MR) is 152 cm³/mol. The molecule has 8 atom stereocenters. The van der Waals surface area contributed by atoms with E-state index in [9.17, 15) is 24.3 Å². The average Bonchev–Trinajstić information content (AvgIpc) is 3.12. The third-order valence-corrected chi connectivity index (χ3v) is 9.46. The lowest BCUT2D eigenvalue weighted by atomic mass is 9.47. The molecular weight excluding hydrogens is 556 g/mol. The molecule has 10 nitrogen and oxygen atoms in total. The fraction of sp³-hybridized carbons (Fsp3) is 0.515. The Kier molecular flexibility index (Phi) is 7.67. The predicted octanol–water partition coefficient (Wildman–Crippen LogP) is 4.03. The number of fused-ring (bicyclic) bond motifs is 1. The van der Waals surface area contributed by atoms with Crippen LogP contribution in [0, 0.1) is 11.3 Å². The molecule has 2 aliphatic carbocycles. The van der Waals surface area contributed by atoms with Gasteiger partial charge in [0.25, 0.3) is 0 Å². The highest BCUT2D eigenvalue weighted by Gasteiger charge is 2.84. The van der Waals surface area contributed by atoms with E-state index in [-0.39, 0.29) is 12.8 Å². The van der Waals surface area contributed by atoms with Crippen molar-refractivity contribution in [3.8, 4) is 0 Å². The number of benzene rings is 2. The molecule has 1 saturated heterocycles. The largest absolute Gasteiger partial charge is 0.458 e. The van der Waals surface area contributed by atoms with Crippen molar-refractivity contribution >= 4 is 23.9 Å². The Morgan fingerprint density at radius 3 is 1.77 bits per heavy atom. The zero-order valence-corrected chi connectivity index (χ0v) is 25.2. The molecule has 0 radical (unpaired) electrons. The van der Waals surface area contributed by atoms with Gasteiger partial charge >= 0.3 is 23.9 Å². The first-order chi connectivity index (χ1) is 20.1. The quantitative estimate of drug-likeness (QED) is 0.386. The zero-order valence-electron chi connectivity index (χ0n) is 25.2. The first-order valence-electron chi connectivity index (χ1n) is 14.4. The van der Waals surface area contributed by atoms with Crippen molar-refractivity contribution in [2.45, 2.75) is 95.6 Å². The van der Waals surface area contributed by atoms with Crippen molar-refractivity contribution in [3.63, 3.8) is 0 Å². The molecule has 8 unspecified atom stereocenters. The Hall–Kier alpha value is -3.76. The van der Waals surface area contributed by atoms with Crippen molar-refractivity contribution in [1.82, 2.24) is 0 Å². The van der Waals surface area contributed by atoms with Crippen LogP contribution in [-0.2, 0) is 33.3 Å². The summed E-state index contributed by atoms with van der Waals surface area (Å²) >= 11 is 0. The fourth-order valence-electron chi connectivity index (χ4n) is 7.72. The smallest absolute Gasteiger partial charge is 0.338 e. The summed E-state index contributed by atoms with van der Waals surface area (Å²) in [6.07, 6.45) is -4.51. The Morgan fingerprint density at radius 1 is 0.744 bits per heavy atom. The lowest BCUT2D eigenvalue weighted by Gasteiger charge is -2.65. The Bertz CT molecular complexity index is 1400. The molecule has 43 heavy (non-hydrogen) atoms. The van der Waals surface area contributed by atoms with Crippen molar-refractivity contribution < 1.29 is 48.0 Å². The molecule has 1 spiro atoms. The zero-order chi connectivity index (χ0) is 31.4. The molecular formula is C33H38O10. The number of carbonyl (C=O) groups excluding carboxylic acids is 4. The Morgan fingerprint density at radius 2 is 1.26 bits per heavy atom. The first-order valence-corrected chi connectivity index (χ1v) is 14.4. The van der Waals surface area contributed by atoms with Gasteiger partial charge in [0.2, 0.25) is 0 Å². The number of rotatable bonds is 6. The number of carbonyl (C=O) groups is 4. The Labute approximate surface area is 250 Å². The topological polar surface area (TPSA) is 135 Å². The van der Waals surface area contributed by atoms with E-state index < -0.39 is 76.4 Å². The minimum absolute atomic E-state index is 0.136. The summed E-state index contributed by atoms with van der Waals surface area (Å²) in [5.41, 5.74) is -5.56. The van der Waals surface area contributed by atoms with Crippen molar-refractivity contribution in [2.24, 2.45) is 11.3 Å². The maximum absolute atomic E-state index is 13.5. The monoisotopic (exact) mass is 594 g/mol. The van der Waals surface area contributed by atoms with Gasteiger partial charge < -0.3 is 28.8 Å². The highest BCUT2D eigenvalue weighted by molar-refractivity contribution is 5.90. The summed E-state index contributed by atoms with van der Waals surface area (Å²) in [5, 5.41) is 12.4. The second-order valence-electron chi connectivity index (χ2n) is 12.7. The standard InChI is InChI=1S/C33H38O10/c1-19(34)39-24-18-31(5,38)33-26(42-29(37)22-15-11-8-12-16-22)23(30(3,4)43-33)17-25(32(33,6)27(24)40-20(2)35)41-28(36)21-13-9-7-10-14-21/h7-16,23-27,38H,17-18H2,1-6H3. The van der Waals surface area contributed by atoms with Crippen LogP contribution in [0.1, 0.15) is 75.1 Å². The summed E-state index contributed by atoms with van der Waals surface area (Å²) < 4.78 is 30.9. The van der Waals surface area contributed by atoms with Crippen LogP contribution in [-0.4, -0.2) is 70.2 Å². The molecule has 2 aromatic carbocycles. The minimum Gasteiger partial charge on any atom is -0.458 e. The highest BCUT2D eigenvalue weighted by atomic mass is 16.6. The second kappa shape index (κ2) is 10.7. The van der Waals surface area contributed by atoms with Crippen LogP contribution >= 0.6 is 0 Å². The summed E-state index contributed by atoms with van der Waals surface area (Å²) in [7, 11) is 0. The van der Waals surface area contributed by atoms with Crippen LogP contribution in [0.3, 0.4) is 0 Å². The van der Waals surface area contributed by atoms with Gasteiger partial charge in [0, 0.05) is 26.2 Å². The summed E-state index contributed by atoms with van der Waals surface area (Å²) in [5.74, 6) is -3.12. The summed E-state index contributed by atoms with van der Waals surface area (Å²) in [6.45, 7) is 9.29. The fourth-order valence-corrected chi connectivity index (χ4v) is 7.72. The SMILES string of the molecule is CC(=O)OC1CC(C)(O)C23OC(C)(C)C(CC(OC(=O)c4ccccc4)C2(C)C1OC(C)=O)C3OC(=O)c1ccccc1. The van der Waals surface area contributed by atoms with Crippen LogP contribution in [0.2, 0.25) is 0 Å². The molecule has 2 bridgehead atoms. The molecule has 3 aliphatic rings. The van der Waals surface area contributed by atoms with Crippen molar-refractivity contribution in [2.75, 3.05) is 0 Å². The van der Waals surface area contributed by atoms with Gasteiger partial charge in [-0.15, -0.1) is 0 Å². The molecule has 0 aromatic heterocycles. The molecule has 10 heteroatoms. The number of hydrogen-bond acceptors (Lipinski definition) is 10. The van der Waals surface area contributed by atoms with Crippen LogP contribution in [0.15, 0.2) is 60.7 Å². The van der Waals surface area contributed by atoms with Gasteiger partial charge in [-0.25, -0.2) is 9.59 Å². The van der Waals surface area contributed by atoms with E-state index in [2.05, 4.69) is 0 Å². The van der Waals surface area contributed by atoms with Crippen LogP contribution < -0.4 is 0 Å². The highest BCUT2D eigenvalue weighted by Crippen LogP contribution is 2.69. The van der Waals surface area contributed by atoms with Crippen LogP contribution in [0.25, 0.3) is 0 Å². The molecule has 2 saturated carbocycles. The van der Waals surface area contributed by atoms with Crippen molar-refractivity contribution in [1.29, 1.82) is 0 Å². The second-order valence-corrected chi connectivity index (χ2v) is 12.7. The maximum Gasteiger partial charge on any atom is 0.338 e. The average molecular weight is 595 g/mol. The minimum atomic E-state index is -1.83. The molecule has 1 N–H and O–H groups in total. The summed E-state index contributed by atoms with van der Waals surface area (Å²) in [6, 6.07) is 16.9. The summed E-state index contributed by atoms with van der Waals surface area (Å²) in [4.78, 5) is 51.9. The van der Waals surface area contributed by atoms with E-state index in [1.807, 2.05) is 13.8 Å². The van der Waals surface area contributed by atoms with Gasteiger partial charge in [-0.1, -0.05) is 36.4 Å². The number of ether oxygens (including phenoxy) is 5. The van der Waals surface area contributed by atoms with E-state index in [4.69, 9.17) is 23.7 Å². The lowest BCUT2D eigenvalue weighted by Crippen LogP contribution is -2.81. The van der Waals surface area contributed by atoms with E-state index in [1.54, 1.807) is 67.6 Å². The van der Waals surface area contributed by atoms with E-state index in [1.165, 1.54) is 20.8 Å². The Balaban J connectivity index is 1.70. The maximum atomic E-state index is 13.5. The first kappa shape index (κ1) is 30.7. The van der Waals surface area contributed by atoms with Crippen LogP contribution in [0.4, 0.5) is 0 Å². The molecule has 3 fully saturated rings.